The van der Waals surface area contributed by atoms with Crippen molar-refractivity contribution in [2.75, 3.05) is 6.54 Å². The van der Waals surface area contributed by atoms with Gasteiger partial charge >= 0.3 is 0 Å². The second-order valence-electron chi connectivity index (χ2n) is 1.81. The summed E-state index contributed by atoms with van der Waals surface area (Å²) in [7, 11) is 0. The van der Waals surface area contributed by atoms with Crippen LogP contribution in [-0.4, -0.2) is 12.6 Å². The molecule has 0 aromatic heterocycles. The minimum absolute atomic E-state index is 0.449. The molecule has 0 saturated heterocycles. The van der Waals surface area contributed by atoms with Crippen LogP contribution in [0.4, 0.5) is 0 Å². The monoisotopic (exact) mass is 96.1 g/mol. The van der Waals surface area contributed by atoms with E-state index in [4.69, 9.17) is 0 Å². The Morgan fingerprint density at radius 3 is 2.71 bits per heavy atom. The average Bonchev–Trinajstić information content (AvgIpc) is 1.69. The zero-order chi connectivity index (χ0) is 5.11. The van der Waals surface area contributed by atoms with Gasteiger partial charge in [0.1, 0.15) is 0 Å². The molecular formula is C6H10N. The molecule has 0 aromatic rings. The zero-order valence-corrected chi connectivity index (χ0v) is 4.35. The van der Waals surface area contributed by atoms with Crippen molar-refractivity contribution in [3.8, 4) is 0 Å². The number of hydrogen-bond acceptors (Lipinski definition) is 1. The van der Waals surface area contributed by atoms with Crippen LogP contribution in [0.25, 0.3) is 0 Å². The van der Waals surface area contributed by atoms with Crippen molar-refractivity contribution >= 4 is 0 Å². The standard InChI is InChI=1S/C6H10N/c1-6-4-2-3-5-7-6/h2-3,6-7H,1,4-5H2. The third-order valence-corrected chi connectivity index (χ3v) is 1.11. The van der Waals surface area contributed by atoms with Gasteiger partial charge in [-0.25, -0.2) is 0 Å². The van der Waals surface area contributed by atoms with Crippen LogP contribution in [0.3, 0.4) is 0 Å². The Hall–Kier alpha value is -0.300. The van der Waals surface area contributed by atoms with Crippen LogP contribution in [0.5, 0.6) is 0 Å². The van der Waals surface area contributed by atoms with Gasteiger partial charge in [0.25, 0.3) is 0 Å². The Labute approximate surface area is 44.4 Å². The van der Waals surface area contributed by atoms with Crippen molar-refractivity contribution in [2.24, 2.45) is 0 Å². The van der Waals surface area contributed by atoms with E-state index < -0.39 is 0 Å². The van der Waals surface area contributed by atoms with Gasteiger partial charge in [-0.3, -0.25) is 0 Å². The summed E-state index contributed by atoms with van der Waals surface area (Å²) in [5.41, 5.74) is 0. The summed E-state index contributed by atoms with van der Waals surface area (Å²) in [5.74, 6) is 0. The highest BCUT2D eigenvalue weighted by Crippen LogP contribution is 1.95. The minimum Gasteiger partial charge on any atom is -0.310 e. The summed E-state index contributed by atoms with van der Waals surface area (Å²) < 4.78 is 0. The van der Waals surface area contributed by atoms with Gasteiger partial charge < -0.3 is 5.32 Å². The van der Waals surface area contributed by atoms with Crippen LogP contribution in [-0.2, 0) is 0 Å². The van der Waals surface area contributed by atoms with Gasteiger partial charge in [-0.1, -0.05) is 12.2 Å². The van der Waals surface area contributed by atoms with Crippen LogP contribution >= 0.6 is 0 Å². The first kappa shape index (κ1) is 4.85. The Kier molecular flexibility index (Phi) is 1.47. The van der Waals surface area contributed by atoms with Gasteiger partial charge in [0.2, 0.25) is 0 Å². The van der Waals surface area contributed by atoms with E-state index in [1.807, 2.05) is 0 Å². The van der Waals surface area contributed by atoms with Gasteiger partial charge in [-0.15, -0.1) is 0 Å². The highest BCUT2D eigenvalue weighted by molar-refractivity contribution is 4.94. The molecule has 1 aliphatic heterocycles. The van der Waals surface area contributed by atoms with E-state index in [2.05, 4.69) is 24.4 Å². The lowest BCUT2D eigenvalue weighted by molar-refractivity contribution is 0.616. The van der Waals surface area contributed by atoms with E-state index in [0.717, 1.165) is 13.0 Å². The van der Waals surface area contributed by atoms with Crippen molar-refractivity contribution in [1.29, 1.82) is 0 Å². The van der Waals surface area contributed by atoms with Crippen LogP contribution < -0.4 is 5.32 Å². The molecule has 0 spiro atoms. The molecule has 0 aromatic carbocycles. The normalized spacial score (nSPS) is 30.7. The molecule has 0 bridgehead atoms. The molecule has 1 atom stereocenters. The molecule has 7 heavy (non-hydrogen) atoms. The quantitative estimate of drug-likeness (QED) is 0.438. The number of nitrogens with one attached hydrogen (secondary N) is 1. The van der Waals surface area contributed by atoms with Gasteiger partial charge in [0.15, 0.2) is 0 Å². The number of rotatable bonds is 0. The van der Waals surface area contributed by atoms with Gasteiger partial charge in [0, 0.05) is 12.6 Å². The molecule has 1 unspecified atom stereocenters. The van der Waals surface area contributed by atoms with Gasteiger partial charge in [-0.05, 0) is 13.3 Å². The smallest absolute Gasteiger partial charge is 0.0137 e. The second-order valence-corrected chi connectivity index (χ2v) is 1.81. The minimum atomic E-state index is 0.449. The van der Waals surface area contributed by atoms with E-state index in [0.29, 0.717) is 6.04 Å². The molecule has 1 heteroatoms. The first-order valence-corrected chi connectivity index (χ1v) is 2.61. The Morgan fingerprint density at radius 1 is 1.57 bits per heavy atom. The SMILES string of the molecule is [CH2]C1CC=CCN1. The van der Waals surface area contributed by atoms with E-state index in [1.165, 1.54) is 0 Å². The lowest BCUT2D eigenvalue weighted by Gasteiger charge is -2.12. The maximum Gasteiger partial charge on any atom is 0.0137 e. The van der Waals surface area contributed by atoms with E-state index in [-0.39, 0.29) is 0 Å². The average molecular weight is 96.2 g/mol. The third-order valence-electron chi connectivity index (χ3n) is 1.11. The summed E-state index contributed by atoms with van der Waals surface area (Å²) in [6, 6.07) is 0.449. The topological polar surface area (TPSA) is 12.0 Å². The molecule has 1 nitrogen and oxygen atoms in total. The molecule has 0 aliphatic carbocycles. The van der Waals surface area contributed by atoms with Gasteiger partial charge in [-0.2, -0.15) is 0 Å². The van der Waals surface area contributed by atoms with Gasteiger partial charge in [0.05, 0.1) is 0 Å². The first-order chi connectivity index (χ1) is 3.39. The van der Waals surface area contributed by atoms with Crippen molar-refractivity contribution in [2.45, 2.75) is 12.5 Å². The second kappa shape index (κ2) is 2.12. The Balaban J connectivity index is 2.32. The van der Waals surface area contributed by atoms with Crippen LogP contribution in [0.2, 0.25) is 0 Å². The van der Waals surface area contributed by atoms with Crippen LogP contribution in [0.15, 0.2) is 12.2 Å². The predicted octanol–water partition coefficient (Wildman–Crippen LogP) is 0.739. The highest BCUT2D eigenvalue weighted by Gasteiger charge is 1.98. The molecule has 0 amide bonds. The molecular weight excluding hydrogens is 86.1 g/mol. The number of hydrogen-bond donors (Lipinski definition) is 1. The fourth-order valence-corrected chi connectivity index (χ4v) is 0.662. The van der Waals surface area contributed by atoms with E-state index >= 15 is 0 Å². The van der Waals surface area contributed by atoms with E-state index in [1.54, 1.807) is 0 Å². The van der Waals surface area contributed by atoms with Crippen molar-refractivity contribution in [3.63, 3.8) is 0 Å². The highest BCUT2D eigenvalue weighted by atomic mass is 14.9. The van der Waals surface area contributed by atoms with Crippen LogP contribution in [0, 0.1) is 6.92 Å². The fourth-order valence-electron chi connectivity index (χ4n) is 0.662. The lowest BCUT2D eigenvalue weighted by Crippen LogP contribution is -2.28. The molecule has 1 rings (SSSR count). The Morgan fingerprint density at radius 2 is 2.43 bits per heavy atom. The van der Waals surface area contributed by atoms with Crippen LogP contribution in [0.1, 0.15) is 6.42 Å². The Bertz CT molecular complexity index is 76.2. The predicted molar refractivity (Wildman–Crippen MR) is 30.9 cm³/mol. The maximum absolute atomic E-state index is 3.84. The molecule has 0 saturated carbocycles. The zero-order valence-electron chi connectivity index (χ0n) is 4.35. The summed E-state index contributed by atoms with van der Waals surface area (Å²) in [4.78, 5) is 0. The van der Waals surface area contributed by atoms with Crippen molar-refractivity contribution in [3.05, 3.63) is 19.1 Å². The summed E-state index contributed by atoms with van der Waals surface area (Å²) in [6.07, 6.45) is 5.37. The largest absolute Gasteiger partial charge is 0.310 e. The third kappa shape index (κ3) is 1.32. The summed E-state index contributed by atoms with van der Waals surface area (Å²) >= 11 is 0. The van der Waals surface area contributed by atoms with Crippen molar-refractivity contribution in [1.82, 2.24) is 5.32 Å². The molecule has 0 fully saturated rings. The molecule has 1 heterocycles. The molecule has 1 aliphatic rings. The summed E-state index contributed by atoms with van der Waals surface area (Å²) in [5, 5.41) is 3.18. The summed E-state index contributed by atoms with van der Waals surface area (Å²) in [6.45, 7) is 4.83. The van der Waals surface area contributed by atoms with Crippen molar-refractivity contribution < 1.29 is 0 Å². The maximum atomic E-state index is 3.84. The molecule has 1 N–H and O–H groups in total. The van der Waals surface area contributed by atoms with E-state index in [9.17, 15) is 0 Å². The first-order valence-electron chi connectivity index (χ1n) is 2.61. The molecule has 39 valence electrons. The molecule has 1 radical (unpaired) electrons. The fraction of sp³-hybridized carbons (Fsp3) is 0.500. The lowest BCUT2D eigenvalue weighted by atomic mass is 10.2.